The molecule has 1 amide bonds. The van der Waals surface area contributed by atoms with Gasteiger partial charge in [-0.1, -0.05) is 30.3 Å². The molecule has 1 aliphatic rings. The molecule has 1 saturated heterocycles. The average Bonchev–Trinajstić information content (AvgIpc) is 2.73. The summed E-state index contributed by atoms with van der Waals surface area (Å²) in [5.41, 5.74) is 1.08. The first kappa shape index (κ1) is 11.2. The zero-order valence-corrected chi connectivity index (χ0v) is 9.81. The maximum Gasteiger partial charge on any atom is 0.221 e. The van der Waals surface area contributed by atoms with Crippen LogP contribution < -0.4 is 0 Å². The first-order valence-corrected chi connectivity index (χ1v) is 6.19. The van der Waals surface area contributed by atoms with E-state index in [2.05, 4.69) is 0 Å². The molecule has 16 heavy (non-hydrogen) atoms. The van der Waals surface area contributed by atoms with Crippen LogP contribution in [0, 0.1) is 0 Å². The van der Waals surface area contributed by atoms with Gasteiger partial charge in [0.2, 0.25) is 5.91 Å². The summed E-state index contributed by atoms with van der Waals surface area (Å²) in [5.74, 6) is 0.638. The number of rotatable bonds is 2. The smallest absolute Gasteiger partial charge is 0.221 e. The highest BCUT2D eigenvalue weighted by Gasteiger charge is 2.36. The predicted octanol–water partition coefficient (Wildman–Crippen LogP) is 1.85. The van der Waals surface area contributed by atoms with E-state index < -0.39 is 0 Å². The van der Waals surface area contributed by atoms with E-state index in [0.717, 1.165) is 11.8 Å². The number of hydrogen-bond donors (Lipinski definition) is 0. The van der Waals surface area contributed by atoms with Crippen LogP contribution in [0.3, 0.4) is 0 Å². The number of amides is 1. The topological polar surface area (TPSA) is 37.4 Å². The van der Waals surface area contributed by atoms with E-state index in [1.807, 2.05) is 30.3 Å². The largest absolute Gasteiger partial charge is 0.316 e. The van der Waals surface area contributed by atoms with Gasteiger partial charge in [-0.25, -0.2) is 0 Å². The van der Waals surface area contributed by atoms with E-state index in [9.17, 15) is 9.59 Å². The molecule has 1 fully saturated rings. The molecule has 4 heteroatoms. The molecular formula is C12H13NO2S. The van der Waals surface area contributed by atoms with Gasteiger partial charge in [-0.15, -0.1) is 11.8 Å². The highest BCUT2D eigenvalue weighted by molar-refractivity contribution is 7.99. The Morgan fingerprint density at radius 1 is 1.44 bits per heavy atom. The fourth-order valence-corrected chi connectivity index (χ4v) is 3.34. The zero-order valence-electron chi connectivity index (χ0n) is 9.00. The molecule has 2 atom stereocenters. The number of thioether (sulfide) groups is 1. The molecule has 0 aromatic heterocycles. The Morgan fingerprint density at radius 2 is 2.12 bits per heavy atom. The first-order chi connectivity index (χ1) is 7.74. The van der Waals surface area contributed by atoms with Crippen molar-refractivity contribution in [2.45, 2.75) is 18.3 Å². The fraction of sp³-hybridized carbons (Fsp3) is 0.333. The summed E-state index contributed by atoms with van der Waals surface area (Å²) in [7, 11) is 0. The van der Waals surface area contributed by atoms with Crippen molar-refractivity contribution in [1.29, 1.82) is 0 Å². The normalized spacial score (nSPS) is 24.4. The van der Waals surface area contributed by atoms with Crippen LogP contribution in [-0.2, 0) is 9.59 Å². The zero-order chi connectivity index (χ0) is 11.5. The highest BCUT2D eigenvalue weighted by atomic mass is 32.2. The number of hydrogen-bond acceptors (Lipinski definition) is 3. The molecule has 1 aromatic carbocycles. The van der Waals surface area contributed by atoms with Gasteiger partial charge in [0, 0.05) is 12.7 Å². The third-order valence-corrected chi connectivity index (χ3v) is 3.99. The van der Waals surface area contributed by atoms with Gasteiger partial charge in [0.25, 0.3) is 0 Å². The maximum atomic E-state index is 11.6. The summed E-state index contributed by atoms with van der Waals surface area (Å²) < 4.78 is 0. The van der Waals surface area contributed by atoms with E-state index in [0.29, 0.717) is 5.75 Å². The van der Waals surface area contributed by atoms with Crippen molar-refractivity contribution < 1.29 is 9.59 Å². The number of aldehydes is 1. The van der Waals surface area contributed by atoms with Crippen LogP contribution >= 0.6 is 11.8 Å². The summed E-state index contributed by atoms with van der Waals surface area (Å²) in [4.78, 5) is 24.1. The summed E-state index contributed by atoms with van der Waals surface area (Å²) in [6.07, 6.45) is 0.858. The van der Waals surface area contributed by atoms with E-state index in [-0.39, 0.29) is 17.3 Å². The van der Waals surface area contributed by atoms with E-state index in [1.54, 1.807) is 16.7 Å². The monoisotopic (exact) mass is 235 g/mol. The Kier molecular flexibility index (Phi) is 3.29. The lowest BCUT2D eigenvalue weighted by Gasteiger charge is -2.25. The predicted molar refractivity (Wildman–Crippen MR) is 64.0 cm³/mol. The van der Waals surface area contributed by atoms with Crippen LogP contribution in [0.1, 0.15) is 17.9 Å². The molecule has 0 aliphatic carbocycles. The highest BCUT2D eigenvalue weighted by Crippen LogP contribution is 2.40. The lowest BCUT2D eigenvalue weighted by atomic mass is 10.2. The lowest BCUT2D eigenvalue weighted by Crippen LogP contribution is -2.37. The van der Waals surface area contributed by atoms with Crippen LogP contribution in [0.25, 0.3) is 0 Å². The Hall–Kier alpha value is -1.29. The van der Waals surface area contributed by atoms with Gasteiger partial charge >= 0.3 is 0 Å². The molecule has 0 radical (unpaired) electrons. The molecular weight excluding hydrogens is 222 g/mol. The number of nitrogens with zero attached hydrogens (tertiary/aromatic N) is 1. The van der Waals surface area contributed by atoms with Crippen molar-refractivity contribution in [3.8, 4) is 0 Å². The Morgan fingerprint density at radius 3 is 2.69 bits per heavy atom. The Bertz CT molecular complexity index is 393. The molecule has 0 unspecified atom stereocenters. The second-order valence-corrected chi connectivity index (χ2v) is 4.84. The van der Waals surface area contributed by atoms with E-state index in [1.165, 1.54) is 6.92 Å². The lowest BCUT2D eigenvalue weighted by molar-refractivity contribution is -0.133. The molecule has 0 saturated carbocycles. The van der Waals surface area contributed by atoms with Gasteiger partial charge in [-0.05, 0) is 5.56 Å². The van der Waals surface area contributed by atoms with Gasteiger partial charge in [-0.3, -0.25) is 4.79 Å². The molecule has 1 heterocycles. The maximum absolute atomic E-state index is 11.6. The van der Waals surface area contributed by atoms with Crippen LogP contribution in [-0.4, -0.2) is 28.9 Å². The second-order valence-electron chi connectivity index (χ2n) is 3.73. The first-order valence-electron chi connectivity index (χ1n) is 5.15. The Balaban J connectivity index is 2.28. The second kappa shape index (κ2) is 4.70. The van der Waals surface area contributed by atoms with Gasteiger partial charge in [0.1, 0.15) is 11.7 Å². The van der Waals surface area contributed by atoms with Crippen molar-refractivity contribution in [2.75, 3.05) is 5.75 Å². The van der Waals surface area contributed by atoms with Crippen molar-refractivity contribution in [2.24, 2.45) is 0 Å². The minimum absolute atomic E-state index is 0.0195. The number of carbonyl (C=O) groups is 2. The summed E-state index contributed by atoms with van der Waals surface area (Å²) in [6.45, 7) is 1.51. The fourth-order valence-electron chi connectivity index (χ4n) is 1.90. The number of benzene rings is 1. The van der Waals surface area contributed by atoms with Crippen LogP contribution in [0.4, 0.5) is 0 Å². The molecule has 1 aliphatic heterocycles. The van der Waals surface area contributed by atoms with Gasteiger partial charge in [-0.2, -0.15) is 0 Å². The quantitative estimate of drug-likeness (QED) is 0.734. The van der Waals surface area contributed by atoms with Crippen LogP contribution in [0.2, 0.25) is 0 Å². The standard InChI is InChI=1S/C12H13NO2S/c1-9(15)13-11(7-14)8-16-12(13)10-5-3-2-4-6-10/h2-7,11-12H,8H2,1H3/t11-,12-/m1/s1. The summed E-state index contributed by atoms with van der Waals surface area (Å²) in [5, 5.41) is -0.0195. The summed E-state index contributed by atoms with van der Waals surface area (Å²) >= 11 is 1.64. The average molecular weight is 235 g/mol. The molecule has 0 N–H and O–H groups in total. The van der Waals surface area contributed by atoms with Crippen LogP contribution in [0.5, 0.6) is 0 Å². The van der Waals surface area contributed by atoms with E-state index >= 15 is 0 Å². The van der Waals surface area contributed by atoms with Crippen molar-refractivity contribution in [3.63, 3.8) is 0 Å². The molecule has 84 valence electrons. The Labute approximate surface area is 98.8 Å². The van der Waals surface area contributed by atoms with E-state index in [4.69, 9.17) is 0 Å². The third kappa shape index (κ3) is 1.97. The van der Waals surface area contributed by atoms with Crippen molar-refractivity contribution >= 4 is 24.0 Å². The third-order valence-electron chi connectivity index (χ3n) is 2.64. The molecule has 0 bridgehead atoms. The van der Waals surface area contributed by atoms with Crippen molar-refractivity contribution in [1.82, 2.24) is 4.90 Å². The number of carbonyl (C=O) groups excluding carboxylic acids is 2. The minimum Gasteiger partial charge on any atom is -0.316 e. The summed E-state index contributed by atoms with van der Waals surface area (Å²) in [6, 6.07) is 9.53. The molecule has 2 rings (SSSR count). The van der Waals surface area contributed by atoms with Crippen LogP contribution in [0.15, 0.2) is 30.3 Å². The van der Waals surface area contributed by atoms with Gasteiger partial charge in [0.05, 0.1) is 6.04 Å². The minimum atomic E-state index is -0.285. The molecule has 1 aromatic rings. The van der Waals surface area contributed by atoms with Gasteiger partial charge in [0.15, 0.2) is 0 Å². The van der Waals surface area contributed by atoms with Crippen molar-refractivity contribution in [3.05, 3.63) is 35.9 Å². The van der Waals surface area contributed by atoms with Gasteiger partial charge < -0.3 is 9.69 Å². The SMILES string of the molecule is CC(=O)N1[C@H](C=O)CS[C@@H]1c1ccccc1. The molecule has 0 spiro atoms. The molecule has 3 nitrogen and oxygen atoms in total.